The molecule has 0 saturated heterocycles. The molecule has 1 rings (SSSR count). The molecule has 1 aromatic carbocycles. The molecule has 0 saturated carbocycles. The number of rotatable bonds is 2. The Hall–Kier alpha value is -0.780. The van der Waals surface area contributed by atoms with Gasteiger partial charge in [-0.05, 0) is 36.2 Å². The molecule has 7 heteroatoms. The Balaban J connectivity index is 3.58. The highest BCUT2D eigenvalue weighted by atomic mass is 35.7. The molecule has 0 unspecified atom stereocenters. The van der Waals surface area contributed by atoms with Crippen molar-refractivity contribution in [2.45, 2.75) is 11.8 Å². The fraction of sp³-hybridized carbons (Fsp3) is 0.125. The van der Waals surface area contributed by atoms with E-state index in [4.69, 9.17) is 22.3 Å². The second kappa shape index (κ2) is 4.00. The normalized spacial score (nSPS) is 11.4. The Morgan fingerprint density at radius 3 is 2.33 bits per heavy atom. The average Bonchev–Trinajstić information content (AvgIpc) is 2.00. The molecule has 4 nitrogen and oxygen atoms in total. The Kier molecular flexibility index (Phi) is 3.28. The maximum absolute atomic E-state index is 11.1. The first-order chi connectivity index (χ1) is 6.73. The van der Waals surface area contributed by atoms with E-state index in [-0.39, 0.29) is 21.8 Å². The monoisotopic (exact) mass is 268 g/mol. The summed E-state index contributed by atoms with van der Waals surface area (Å²) >= 11 is 5.15. The van der Waals surface area contributed by atoms with E-state index in [2.05, 4.69) is 0 Å². The van der Waals surface area contributed by atoms with Gasteiger partial charge in [-0.3, -0.25) is 4.79 Å². The highest BCUT2D eigenvalue weighted by molar-refractivity contribution is 8.13. The van der Waals surface area contributed by atoms with Gasteiger partial charge in [0.2, 0.25) is 0 Å². The van der Waals surface area contributed by atoms with Crippen LogP contribution in [0.25, 0.3) is 0 Å². The van der Waals surface area contributed by atoms with E-state index < -0.39 is 14.3 Å². The van der Waals surface area contributed by atoms with Crippen molar-refractivity contribution >= 4 is 36.6 Å². The molecule has 0 radical (unpaired) electrons. The number of aryl methyl sites for hydroxylation is 1. The van der Waals surface area contributed by atoms with E-state index in [9.17, 15) is 18.3 Å². The van der Waals surface area contributed by atoms with Crippen LogP contribution in [0, 0.1) is 6.92 Å². The topological polar surface area (TPSA) is 71.4 Å². The maximum Gasteiger partial charge on any atom is 0.261 e. The van der Waals surface area contributed by atoms with E-state index in [1.54, 1.807) is 0 Å². The molecule has 0 heterocycles. The SMILES string of the molecule is Cc1cc(O)c(C(=O)Cl)cc1S(=O)(=O)Cl. The van der Waals surface area contributed by atoms with Gasteiger partial charge in [-0.1, -0.05) is 0 Å². The zero-order chi connectivity index (χ0) is 11.8. The fourth-order valence-electron chi connectivity index (χ4n) is 1.09. The number of aromatic hydroxyl groups is 1. The number of phenols is 1. The summed E-state index contributed by atoms with van der Waals surface area (Å²) in [6, 6.07) is 2.06. The summed E-state index contributed by atoms with van der Waals surface area (Å²) in [7, 11) is 1.17. The summed E-state index contributed by atoms with van der Waals surface area (Å²) in [5.41, 5.74) is -0.0503. The van der Waals surface area contributed by atoms with Gasteiger partial charge in [0.25, 0.3) is 14.3 Å². The first-order valence-corrected chi connectivity index (χ1v) is 6.40. The van der Waals surface area contributed by atoms with Gasteiger partial charge in [0.15, 0.2) is 0 Å². The number of phenolic OH excluding ortho intramolecular Hbond substituents is 1. The average molecular weight is 269 g/mol. The van der Waals surface area contributed by atoms with Crippen molar-refractivity contribution in [3.63, 3.8) is 0 Å². The zero-order valence-electron chi connectivity index (χ0n) is 7.49. The Labute approximate surface area is 95.9 Å². The van der Waals surface area contributed by atoms with E-state index in [0.29, 0.717) is 0 Å². The predicted octanol–water partition coefficient (Wildman–Crippen LogP) is 2.01. The summed E-state index contributed by atoms with van der Waals surface area (Å²) in [5.74, 6) is -0.378. The van der Waals surface area contributed by atoms with Crippen LogP contribution < -0.4 is 0 Å². The van der Waals surface area contributed by atoms with Crippen LogP contribution in [0.2, 0.25) is 0 Å². The van der Waals surface area contributed by atoms with Gasteiger partial charge < -0.3 is 5.11 Å². The van der Waals surface area contributed by atoms with E-state index in [0.717, 1.165) is 12.1 Å². The molecule has 0 amide bonds. The summed E-state index contributed by atoms with van der Waals surface area (Å²) in [6.45, 7) is 1.44. The molecule has 0 bridgehead atoms. The minimum absolute atomic E-state index is 0.240. The van der Waals surface area contributed by atoms with Crippen molar-refractivity contribution in [1.29, 1.82) is 0 Å². The third kappa shape index (κ3) is 2.62. The molecule has 0 aromatic heterocycles. The van der Waals surface area contributed by atoms with Gasteiger partial charge >= 0.3 is 0 Å². The number of carbonyl (C=O) groups is 1. The molecular formula is C8H6Cl2O4S. The standard InChI is InChI=1S/C8H6Cl2O4S/c1-4-2-6(11)5(8(9)12)3-7(4)15(10,13)14/h2-3,11H,1H3. The molecule has 82 valence electrons. The van der Waals surface area contributed by atoms with Crippen molar-refractivity contribution in [2.24, 2.45) is 0 Å². The molecular weight excluding hydrogens is 263 g/mol. The fourth-order valence-corrected chi connectivity index (χ4v) is 2.45. The highest BCUT2D eigenvalue weighted by Crippen LogP contribution is 2.28. The quantitative estimate of drug-likeness (QED) is 0.833. The summed E-state index contributed by atoms with van der Waals surface area (Å²) in [6.07, 6.45) is 0. The molecule has 0 aliphatic rings. The largest absolute Gasteiger partial charge is 0.507 e. The molecule has 1 N–H and O–H groups in total. The number of halogens is 2. The van der Waals surface area contributed by atoms with Crippen molar-refractivity contribution < 1.29 is 18.3 Å². The number of hydrogen-bond acceptors (Lipinski definition) is 4. The number of benzene rings is 1. The summed E-state index contributed by atoms with van der Waals surface area (Å²) < 4.78 is 22.1. The van der Waals surface area contributed by atoms with Crippen molar-refractivity contribution in [1.82, 2.24) is 0 Å². The molecule has 0 aliphatic carbocycles. The van der Waals surface area contributed by atoms with Gasteiger partial charge in [0.05, 0.1) is 10.5 Å². The van der Waals surface area contributed by atoms with Crippen LogP contribution in [-0.4, -0.2) is 18.8 Å². The summed E-state index contributed by atoms with van der Waals surface area (Å²) in [4.78, 5) is 10.6. The molecule has 0 fully saturated rings. The lowest BCUT2D eigenvalue weighted by atomic mass is 10.1. The van der Waals surface area contributed by atoms with Crippen LogP contribution >= 0.6 is 22.3 Å². The van der Waals surface area contributed by atoms with E-state index in [1.165, 1.54) is 6.92 Å². The molecule has 0 atom stereocenters. The molecule has 15 heavy (non-hydrogen) atoms. The van der Waals surface area contributed by atoms with Gasteiger partial charge in [0, 0.05) is 10.7 Å². The number of carbonyl (C=O) groups excluding carboxylic acids is 1. The van der Waals surface area contributed by atoms with Crippen molar-refractivity contribution in [3.8, 4) is 5.75 Å². The predicted molar refractivity (Wildman–Crippen MR) is 56.1 cm³/mol. The van der Waals surface area contributed by atoms with Gasteiger partial charge in [0.1, 0.15) is 5.75 Å². The van der Waals surface area contributed by atoms with E-state index >= 15 is 0 Å². The molecule has 0 spiro atoms. The van der Waals surface area contributed by atoms with Crippen LogP contribution in [0.5, 0.6) is 5.75 Å². The zero-order valence-corrected chi connectivity index (χ0v) is 9.82. The Bertz CT molecular complexity index is 522. The third-order valence-electron chi connectivity index (χ3n) is 1.77. The Morgan fingerprint density at radius 2 is 1.93 bits per heavy atom. The van der Waals surface area contributed by atoms with Crippen LogP contribution in [0.15, 0.2) is 17.0 Å². The van der Waals surface area contributed by atoms with E-state index in [1.807, 2.05) is 0 Å². The second-order valence-electron chi connectivity index (χ2n) is 2.85. The Morgan fingerprint density at radius 1 is 1.40 bits per heavy atom. The van der Waals surface area contributed by atoms with Crippen molar-refractivity contribution in [2.75, 3.05) is 0 Å². The minimum atomic E-state index is -3.96. The maximum atomic E-state index is 11.1. The van der Waals surface area contributed by atoms with Gasteiger partial charge in [-0.15, -0.1) is 0 Å². The third-order valence-corrected chi connectivity index (χ3v) is 3.44. The second-order valence-corrected chi connectivity index (χ2v) is 5.72. The van der Waals surface area contributed by atoms with Gasteiger partial charge in [-0.25, -0.2) is 8.42 Å². The summed E-state index contributed by atoms with van der Waals surface area (Å²) in [5, 5.41) is 8.36. The minimum Gasteiger partial charge on any atom is -0.507 e. The van der Waals surface area contributed by atoms with Crippen molar-refractivity contribution in [3.05, 3.63) is 23.3 Å². The smallest absolute Gasteiger partial charge is 0.261 e. The number of hydrogen-bond donors (Lipinski definition) is 1. The van der Waals surface area contributed by atoms with Crippen LogP contribution in [0.3, 0.4) is 0 Å². The first-order valence-electron chi connectivity index (χ1n) is 3.71. The van der Waals surface area contributed by atoms with Crippen LogP contribution in [0.1, 0.15) is 15.9 Å². The first kappa shape index (κ1) is 12.3. The van der Waals surface area contributed by atoms with Gasteiger partial charge in [-0.2, -0.15) is 0 Å². The lowest BCUT2D eigenvalue weighted by Crippen LogP contribution is -1.99. The lowest BCUT2D eigenvalue weighted by molar-refractivity contribution is 0.107. The highest BCUT2D eigenvalue weighted by Gasteiger charge is 2.19. The van der Waals surface area contributed by atoms with Crippen LogP contribution in [0.4, 0.5) is 0 Å². The van der Waals surface area contributed by atoms with Crippen LogP contribution in [-0.2, 0) is 9.05 Å². The lowest BCUT2D eigenvalue weighted by Gasteiger charge is -2.05. The molecule has 0 aliphatic heterocycles. The molecule has 1 aromatic rings.